The van der Waals surface area contributed by atoms with Gasteiger partial charge in [0.15, 0.2) is 0 Å². The molecule has 2 rings (SSSR count). The van der Waals surface area contributed by atoms with E-state index in [1.54, 1.807) is 7.11 Å². The van der Waals surface area contributed by atoms with E-state index in [0.717, 1.165) is 5.02 Å². The minimum atomic E-state index is 0.00154. The lowest BCUT2D eigenvalue weighted by Crippen LogP contribution is -2.37. The number of hydrogen-bond acceptors (Lipinski definition) is 3. The normalized spacial score (nSPS) is 15.9. The first-order valence-corrected chi connectivity index (χ1v) is 7.33. The number of ether oxygens (including phenoxy) is 1. The summed E-state index contributed by atoms with van der Waals surface area (Å²) < 4.78 is 4.90. The van der Waals surface area contributed by atoms with Gasteiger partial charge in [0.2, 0.25) is 5.91 Å². The van der Waals surface area contributed by atoms with Crippen molar-refractivity contribution in [2.45, 2.75) is 18.9 Å². The van der Waals surface area contributed by atoms with E-state index in [1.807, 2.05) is 24.3 Å². The molecule has 110 valence electrons. The summed E-state index contributed by atoms with van der Waals surface area (Å²) in [7, 11) is 1.62. The minimum absolute atomic E-state index is 0.00154. The van der Waals surface area contributed by atoms with Gasteiger partial charge in [0.25, 0.3) is 0 Å². The van der Waals surface area contributed by atoms with Gasteiger partial charge >= 0.3 is 0 Å². The summed E-state index contributed by atoms with van der Waals surface area (Å²) in [4.78, 5) is 11.7. The summed E-state index contributed by atoms with van der Waals surface area (Å²) in [5.74, 6) is 0.629. The zero-order chi connectivity index (χ0) is 14.4. The quantitative estimate of drug-likeness (QED) is 0.723. The highest BCUT2D eigenvalue weighted by atomic mass is 35.5. The first-order chi connectivity index (χ1) is 9.70. The first-order valence-electron chi connectivity index (χ1n) is 6.95. The molecule has 1 amide bonds. The standard InChI is InChI=1S/C15H21ClN2O2/c1-20-9-8-17-14(19)10-18-15(11-2-3-11)12-4-6-13(16)7-5-12/h4-7,11,15,18H,2-3,8-10H2,1H3,(H,17,19). The zero-order valence-electron chi connectivity index (χ0n) is 11.7. The maximum atomic E-state index is 11.7. The molecule has 0 aliphatic heterocycles. The van der Waals surface area contributed by atoms with Crippen molar-refractivity contribution in [2.24, 2.45) is 5.92 Å². The van der Waals surface area contributed by atoms with Crippen LogP contribution in [0.4, 0.5) is 0 Å². The Morgan fingerprint density at radius 2 is 2.10 bits per heavy atom. The van der Waals surface area contributed by atoms with Crippen LogP contribution < -0.4 is 10.6 Å². The van der Waals surface area contributed by atoms with E-state index in [4.69, 9.17) is 16.3 Å². The predicted molar refractivity (Wildman–Crippen MR) is 79.8 cm³/mol. The molecule has 0 radical (unpaired) electrons. The number of hydrogen-bond donors (Lipinski definition) is 2. The van der Waals surface area contributed by atoms with Crippen LogP contribution in [0.1, 0.15) is 24.4 Å². The molecule has 1 aromatic rings. The van der Waals surface area contributed by atoms with Gasteiger partial charge < -0.3 is 15.4 Å². The Balaban J connectivity index is 1.84. The van der Waals surface area contributed by atoms with Crippen LogP contribution in [-0.2, 0) is 9.53 Å². The molecule has 0 saturated heterocycles. The summed E-state index contributed by atoms with van der Waals surface area (Å²) in [5.41, 5.74) is 1.20. The molecule has 4 nitrogen and oxygen atoms in total. The predicted octanol–water partition coefficient (Wildman–Crippen LogP) is 2.14. The van der Waals surface area contributed by atoms with Crippen molar-refractivity contribution in [3.05, 3.63) is 34.9 Å². The van der Waals surface area contributed by atoms with Crippen LogP contribution in [0.3, 0.4) is 0 Å². The van der Waals surface area contributed by atoms with E-state index in [9.17, 15) is 4.79 Å². The molecule has 0 aromatic heterocycles. The third-order valence-electron chi connectivity index (χ3n) is 3.43. The fourth-order valence-corrected chi connectivity index (χ4v) is 2.34. The smallest absolute Gasteiger partial charge is 0.234 e. The third kappa shape index (κ3) is 4.78. The van der Waals surface area contributed by atoms with Gasteiger partial charge in [-0.3, -0.25) is 4.79 Å². The third-order valence-corrected chi connectivity index (χ3v) is 3.69. The average Bonchev–Trinajstić information content (AvgIpc) is 3.26. The molecule has 1 aliphatic carbocycles. The molecule has 1 saturated carbocycles. The molecule has 1 unspecified atom stereocenters. The lowest BCUT2D eigenvalue weighted by atomic mass is 10.0. The van der Waals surface area contributed by atoms with Crippen LogP contribution in [0.5, 0.6) is 0 Å². The van der Waals surface area contributed by atoms with Gasteiger partial charge in [-0.1, -0.05) is 23.7 Å². The highest BCUT2D eigenvalue weighted by molar-refractivity contribution is 6.30. The van der Waals surface area contributed by atoms with Crippen molar-refractivity contribution in [3.63, 3.8) is 0 Å². The minimum Gasteiger partial charge on any atom is -0.383 e. The molecular weight excluding hydrogens is 276 g/mol. The van der Waals surface area contributed by atoms with Gasteiger partial charge in [0, 0.05) is 24.7 Å². The van der Waals surface area contributed by atoms with Crippen molar-refractivity contribution in [1.29, 1.82) is 0 Å². The Bertz CT molecular complexity index is 432. The van der Waals surface area contributed by atoms with Gasteiger partial charge in [0.05, 0.1) is 13.2 Å². The molecule has 1 atom stereocenters. The summed E-state index contributed by atoms with van der Waals surface area (Å²) in [6.07, 6.45) is 2.43. The van der Waals surface area contributed by atoms with Crippen LogP contribution in [0.2, 0.25) is 5.02 Å². The van der Waals surface area contributed by atoms with Crippen LogP contribution in [-0.4, -0.2) is 32.7 Å². The number of carbonyl (C=O) groups is 1. The monoisotopic (exact) mass is 296 g/mol. The maximum absolute atomic E-state index is 11.7. The molecule has 0 spiro atoms. The highest BCUT2D eigenvalue weighted by Crippen LogP contribution is 2.41. The second kappa shape index (κ2) is 7.62. The number of carbonyl (C=O) groups excluding carboxylic acids is 1. The first kappa shape index (κ1) is 15.3. The summed E-state index contributed by atoms with van der Waals surface area (Å²) >= 11 is 5.91. The van der Waals surface area contributed by atoms with Crippen molar-refractivity contribution in [1.82, 2.24) is 10.6 Å². The van der Waals surface area contributed by atoms with Gasteiger partial charge in [0.1, 0.15) is 0 Å². The molecule has 20 heavy (non-hydrogen) atoms. The van der Waals surface area contributed by atoms with E-state index < -0.39 is 0 Å². The van der Waals surface area contributed by atoms with Crippen LogP contribution in [0, 0.1) is 5.92 Å². The van der Waals surface area contributed by atoms with Crippen molar-refractivity contribution in [2.75, 3.05) is 26.8 Å². The van der Waals surface area contributed by atoms with E-state index >= 15 is 0 Å². The summed E-state index contributed by atoms with van der Waals surface area (Å²) in [6, 6.07) is 8.09. The number of halogens is 1. The Morgan fingerprint density at radius 3 is 2.70 bits per heavy atom. The van der Waals surface area contributed by atoms with E-state index in [2.05, 4.69) is 10.6 Å². The number of benzene rings is 1. The van der Waals surface area contributed by atoms with Crippen molar-refractivity contribution in [3.8, 4) is 0 Å². The maximum Gasteiger partial charge on any atom is 0.234 e. The van der Waals surface area contributed by atoms with Crippen LogP contribution in [0.15, 0.2) is 24.3 Å². The number of nitrogens with one attached hydrogen (secondary N) is 2. The Morgan fingerprint density at radius 1 is 1.40 bits per heavy atom. The molecule has 5 heteroatoms. The summed E-state index contributed by atoms with van der Waals surface area (Å²) in [5, 5.41) is 6.90. The lowest BCUT2D eigenvalue weighted by Gasteiger charge is -2.18. The van der Waals surface area contributed by atoms with Crippen LogP contribution >= 0.6 is 11.6 Å². The number of amides is 1. The fraction of sp³-hybridized carbons (Fsp3) is 0.533. The lowest BCUT2D eigenvalue weighted by molar-refractivity contribution is -0.120. The van der Waals surface area contributed by atoms with Crippen molar-refractivity contribution < 1.29 is 9.53 Å². The highest BCUT2D eigenvalue weighted by Gasteiger charge is 2.32. The Hall–Kier alpha value is -1.10. The second-order valence-corrected chi connectivity index (χ2v) is 5.53. The molecule has 1 aromatic carbocycles. The molecule has 0 heterocycles. The van der Waals surface area contributed by atoms with Gasteiger partial charge in [-0.25, -0.2) is 0 Å². The topological polar surface area (TPSA) is 50.4 Å². The molecule has 1 fully saturated rings. The van der Waals surface area contributed by atoms with Gasteiger partial charge in [-0.2, -0.15) is 0 Å². The van der Waals surface area contributed by atoms with E-state index in [1.165, 1.54) is 18.4 Å². The van der Waals surface area contributed by atoms with E-state index in [-0.39, 0.29) is 11.9 Å². The molecule has 0 bridgehead atoms. The SMILES string of the molecule is COCCNC(=O)CNC(c1ccc(Cl)cc1)C1CC1. The molecule has 1 aliphatic rings. The van der Waals surface area contributed by atoms with Crippen LogP contribution in [0.25, 0.3) is 0 Å². The van der Waals surface area contributed by atoms with E-state index in [0.29, 0.717) is 25.6 Å². The zero-order valence-corrected chi connectivity index (χ0v) is 12.5. The number of rotatable bonds is 8. The Kier molecular flexibility index (Phi) is 5.83. The van der Waals surface area contributed by atoms with Crippen molar-refractivity contribution >= 4 is 17.5 Å². The largest absolute Gasteiger partial charge is 0.383 e. The van der Waals surface area contributed by atoms with Gasteiger partial charge in [-0.15, -0.1) is 0 Å². The summed E-state index contributed by atoms with van der Waals surface area (Å²) in [6.45, 7) is 1.41. The average molecular weight is 297 g/mol. The fourth-order valence-electron chi connectivity index (χ4n) is 2.21. The Labute approximate surface area is 124 Å². The molecule has 2 N–H and O–H groups in total. The second-order valence-electron chi connectivity index (χ2n) is 5.09. The van der Waals surface area contributed by atoms with Gasteiger partial charge in [-0.05, 0) is 36.5 Å². The molecular formula is C15H21ClN2O2. The number of methoxy groups -OCH3 is 1.